The van der Waals surface area contributed by atoms with Crippen LogP contribution in [0.4, 0.5) is 0 Å². The minimum atomic E-state index is -1.20. The van der Waals surface area contributed by atoms with Gasteiger partial charge in [0, 0.05) is 11.6 Å². The van der Waals surface area contributed by atoms with E-state index in [9.17, 15) is 4.79 Å². The minimum Gasteiger partial charge on any atom is -0.476 e. The van der Waals surface area contributed by atoms with Crippen molar-refractivity contribution in [2.45, 2.75) is 0 Å². The average Bonchev–Trinajstić information content (AvgIpc) is 3.10. The van der Waals surface area contributed by atoms with Crippen molar-refractivity contribution in [2.24, 2.45) is 0 Å². The van der Waals surface area contributed by atoms with Crippen molar-refractivity contribution in [2.75, 3.05) is 0 Å². The highest BCUT2D eigenvalue weighted by Gasteiger charge is 2.16. The summed E-state index contributed by atoms with van der Waals surface area (Å²) in [5.41, 5.74) is 2.73. The summed E-state index contributed by atoms with van der Waals surface area (Å²) in [5.74, 6) is -0.728. The number of ether oxygens (including phenoxy) is 1. The van der Waals surface area contributed by atoms with Gasteiger partial charge >= 0.3 is 5.97 Å². The molecule has 0 aliphatic rings. The number of pyridine rings is 1. The molecule has 25 heavy (non-hydrogen) atoms. The number of hydrogen-bond donors (Lipinski definition) is 2. The number of nitrogens with one attached hydrogen (secondary N) is 1. The molecule has 0 spiro atoms. The molecular formula is C18H12N4O3. The van der Waals surface area contributed by atoms with Crippen molar-refractivity contribution in [1.82, 2.24) is 20.4 Å². The van der Waals surface area contributed by atoms with E-state index < -0.39 is 5.97 Å². The van der Waals surface area contributed by atoms with Crippen LogP contribution >= 0.6 is 0 Å². The Hall–Kier alpha value is -3.74. The van der Waals surface area contributed by atoms with E-state index in [-0.39, 0.29) is 11.6 Å². The summed E-state index contributed by atoms with van der Waals surface area (Å²) in [6.45, 7) is 0. The summed E-state index contributed by atoms with van der Waals surface area (Å²) in [7, 11) is 0. The summed E-state index contributed by atoms with van der Waals surface area (Å²) >= 11 is 0. The number of benzene rings is 2. The van der Waals surface area contributed by atoms with E-state index in [1.165, 1.54) is 0 Å². The second-order valence-corrected chi connectivity index (χ2v) is 5.30. The number of fused-ring (bicyclic) bond motifs is 1. The normalized spacial score (nSPS) is 10.7. The van der Waals surface area contributed by atoms with Crippen LogP contribution in [0, 0.1) is 0 Å². The van der Waals surface area contributed by atoms with Crippen LogP contribution in [0.15, 0.2) is 60.8 Å². The van der Waals surface area contributed by atoms with Crippen LogP contribution in [0.2, 0.25) is 0 Å². The second-order valence-electron chi connectivity index (χ2n) is 5.30. The molecule has 0 unspecified atom stereocenters. The lowest BCUT2D eigenvalue weighted by Crippen LogP contribution is -1.99. The van der Waals surface area contributed by atoms with Gasteiger partial charge in [-0.1, -0.05) is 35.5 Å². The number of para-hydroxylation sites is 1. The molecule has 0 aliphatic carbocycles. The van der Waals surface area contributed by atoms with Crippen LogP contribution < -0.4 is 4.74 Å². The molecule has 0 fully saturated rings. The molecule has 0 aliphatic heterocycles. The van der Waals surface area contributed by atoms with Crippen molar-refractivity contribution < 1.29 is 14.6 Å². The zero-order valence-corrected chi connectivity index (χ0v) is 12.9. The van der Waals surface area contributed by atoms with Crippen molar-refractivity contribution in [3.63, 3.8) is 0 Å². The molecule has 122 valence electrons. The molecule has 2 aromatic heterocycles. The fourth-order valence-corrected chi connectivity index (χ4v) is 2.60. The van der Waals surface area contributed by atoms with E-state index in [4.69, 9.17) is 9.84 Å². The van der Waals surface area contributed by atoms with Crippen molar-refractivity contribution in [3.8, 4) is 22.8 Å². The number of aromatic carboxylic acids is 1. The van der Waals surface area contributed by atoms with E-state index in [1.54, 1.807) is 18.3 Å². The summed E-state index contributed by atoms with van der Waals surface area (Å²) in [5, 5.41) is 19.4. The van der Waals surface area contributed by atoms with Gasteiger partial charge in [0.05, 0.1) is 5.52 Å². The maximum absolute atomic E-state index is 11.0. The predicted octanol–water partition coefficient (Wildman–Crippen LogP) is 3.51. The van der Waals surface area contributed by atoms with Gasteiger partial charge in [-0.2, -0.15) is 0 Å². The summed E-state index contributed by atoms with van der Waals surface area (Å²) in [6.07, 6.45) is 1.78. The molecule has 0 saturated heterocycles. The number of H-pyrrole nitrogens is 1. The van der Waals surface area contributed by atoms with Gasteiger partial charge in [-0.05, 0) is 35.4 Å². The molecular weight excluding hydrogens is 320 g/mol. The molecule has 0 bridgehead atoms. The zero-order valence-electron chi connectivity index (χ0n) is 12.9. The van der Waals surface area contributed by atoms with Crippen LogP contribution in [0.1, 0.15) is 10.5 Å². The molecule has 0 amide bonds. The topological polar surface area (TPSA) is 101 Å². The second kappa shape index (κ2) is 6.04. The highest BCUT2D eigenvalue weighted by Crippen LogP contribution is 2.30. The molecule has 0 saturated carbocycles. The lowest BCUT2D eigenvalue weighted by molar-refractivity contribution is 0.0687. The molecule has 0 radical (unpaired) electrons. The van der Waals surface area contributed by atoms with Gasteiger partial charge in [-0.25, -0.2) is 9.89 Å². The van der Waals surface area contributed by atoms with Crippen molar-refractivity contribution >= 4 is 16.9 Å². The number of nitrogens with zero attached hydrogens (tertiary/aromatic N) is 3. The third-order valence-electron chi connectivity index (χ3n) is 3.75. The number of aromatic nitrogens is 4. The largest absolute Gasteiger partial charge is 0.476 e. The summed E-state index contributed by atoms with van der Waals surface area (Å²) < 4.78 is 5.52. The third kappa shape index (κ3) is 2.78. The Bertz CT molecular complexity index is 1050. The van der Waals surface area contributed by atoms with Gasteiger partial charge in [-0.3, -0.25) is 4.98 Å². The minimum absolute atomic E-state index is 0.00499. The Kier molecular flexibility index (Phi) is 3.59. The standard InChI is InChI=1S/C18H12N4O3/c23-18(24)16-17(21-22-20-16)25-12-7-5-11(6-8-12)13-9-10-19-15-4-2-1-3-14(13)15/h1-10H,(H,23,24)(H,20,21,22). The SMILES string of the molecule is O=C(O)c1nn[nH]c1Oc1ccc(-c2ccnc3ccccc23)cc1. The molecule has 0 atom stereocenters. The Labute approximate surface area is 141 Å². The number of rotatable bonds is 4. The van der Waals surface area contributed by atoms with Gasteiger partial charge in [0.2, 0.25) is 5.69 Å². The molecule has 2 N–H and O–H groups in total. The zero-order chi connectivity index (χ0) is 17.2. The summed E-state index contributed by atoms with van der Waals surface area (Å²) in [4.78, 5) is 15.4. The predicted molar refractivity (Wildman–Crippen MR) is 90.6 cm³/mol. The first-order valence-corrected chi connectivity index (χ1v) is 7.49. The fraction of sp³-hybridized carbons (Fsp3) is 0. The van der Waals surface area contributed by atoms with E-state index >= 15 is 0 Å². The maximum Gasteiger partial charge on any atom is 0.362 e. The Morgan fingerprint density at radius 1 is 1.04 bits per heavy atom. The number of carbonyl (C=O) groups is 1. The quantitative estimate of drug-likeness (QED) is 0.593. The van der Waals surface area contributed by atoms with E-state index in [1.807, 2.05) is 42.5 Å². The molecule has 2 aromatic carbocycles. The van der Waals surface area contributed by atoms with Gasteiger partial charge in [0.15, 0.2) is 0 Å². The first-order chi connectivity index (χ1) is 12.2. The van der Waals surface area contributed by atoms with E-state index in [2.05, 4.69) is 20.4 Å². The Morgan fingerprint density at radius 2 is 1.84 bits per heavy atom. The van der Waals surface area contributed by atoms with Crippen LogP contribution in [-0.4, -0.2) is 31.5 Å². The van der Waals surface area contributed by atoms with Crippen molar-refractivity contribution in [3.05, 3.63) is 66.5 Å². The molecule has 4 rings (SSSR count). The smallest absolute Gasteiger partial charge is 0.362 e. The van der Waals surface area contributed by atoms with Gasteiger partial charge < -0.3 is 9.84 Å². The molecule has 7 heteroatoms. The number of hydrogen-bond acceptors (Lipinski definition) is 5. The van der Waals surface area contributed by atoms with Gasteiger partial charge in [-0.15, -0.1) is 5.10 Å². The first kappa shape index (κ1) is 14.8. The average molecular weight is 332 g/mol. The van der Waals surface area contributed by atoms with Crippen LogP contribution in [-0.2, 0) is 0 Å². The molecule has 4 aromatic rings. The van der Waals surface area contributed by atoms with Crippen molar-refractivity contribution in [1.29, 1.82) is 0 Å². The van der Waals surface area contributed by atoms with Gasteiger partial charge in [0.1, 0.15) is 5.75 Å². The van der Waals surface area contributed by atoms with E-state index in [0.29, 0.717) is 5.75 Å². The maximum atomic E-state index is 11.0. The molecule has 2 heterocycles. The third-order valence-corrected chi connectivity index (χ3v) is 3.75. The lowest BCUT2D eigenvalue weighted by atomic mass is 10.0. The Balaban J connectivity index is 1.66. The fourth-order valence-electron chi connectivity index (χ4n) is 2.60. The van der Waals surface area contributed by atoms with Crippen LogP contribution in [0.25, 0.3) is 22.0 Å². The highest BCUT2D eigenvalue weighted by atomic mass is 16.5. The summed E-state index contributed by atoms with van der Waals surface area (Å²) in [6, 6.07) is 17.2. The number of carboxylic acids is 1. The highest BCUT2D eigenvalue weighted by molar-refractivity contribution is 5.94. The lowest BCUT2D eigenvalue weighted by Gasteiger charge is -2.08. The first-order valence-electron chi connectivity index (χ1n) is 7.49. The number of aromatic amines is 1. The Morgan fingerprint density at radius 3 is 2.64 bits per heavy atom. The van der Waals surface area contributed by atoms with E-state index in [0.717, 1.165) is 22.0 Å². The molecule has 7 nitrogen and oxygen atoms in total. The monoisotopic (exact) mass is 332 g/mol. The van der Waals surface area contributed by atoms with Gasteiger partial charge in [0.25, 0.3) is 5.88 Å². The number of carboxylic acid groups (broad SMARTS) is 1. The van der Waals surface area contributed by atoms with Crippen LogP contribution in [0.5, 0.6) is 11.6 Å². The van der Waals surface area contributed by atoms with Crippen LogP contribution in [0.3, 0.4) is 0 Å².